The van der Waals surface area contributed by atoms with Gasteiger partial charge in [0.25, 0.3) is 0 Å². The summed E-state index contributed by atoms with van der Waals surface area (Å²) in [6.45, 7) is 7.15. The molecular formula is C17H32O8. The molecule has 8 heteroatoms. The van der Waals surface area contributed by atoms with Crippen LogP contribution < -0.4 is 0 Å². The molecule has 2 aliphatic heterocycles. The molecule has 9 atom stereocenters. The third kappa shape index (κ3) is 4.70. The van der Waals surface area contributed by atoms with Crippen LogP contribution in [0, 0.1) is 11.3 Å². The minimum atomic E-state index is -1.24. The lowest BCUT2D eigenvalue weighted by Crippen LogP contribution is -2.57. The highest BCUT2D eigenvalue weighted by molar-refractivity contribution is 4.92. The summed E-state index contributed by atoms with van der Waals surface area (Å²) in [5, 5.41) is 49.7. The van der Waals surface area contributed by atoms with Crippen molar-refractivity contribution < 1.29 is 39.7 Å². The SMILES string of the molecule is C[C@H]1[C@H](O)[C@@H](O)[C@H](OC[C@@H]2C[C@H](O)[C@@H](O)[C@H](C(C)(C)C)O2)O[C@@H]1CO. The van der Waals surface area contributed by atoms with Gasteiger partial charge in [-0.3, -0.25) is 0 Å². The van der Waals surface area contributed by atoms with Gasteiger partial charge in [0.15, 0.2) is 6.29 Å². The summed E-state index contributed by atoms with van der Waals surface area (Å²) in [7, 11) is 0. The van der Waals surface area contributed by atoms with Gasteiger partial charge in [0, 0.05) is 12.3 Å². The van der Waals surface area contributed by atoms with Gasteiger partial charge in [-0.05, 0) is 5.41 Å². The highest BCUT2D eigenvalue weighted by Crippen LogP contribution is 2.33. The Morgan fingerprint density at radius 1 is 1.00 bits per heavy atom. The first-order valence-electron chi connectivity index (χ1n) is 8.82. The number of hydrogen-bond donors (Lipinski definition) is 5. The van der Waals surface area contributed by atoms with E-state index in [4.69, 9.17) is 14.2 Å². The molecule has 0 saturated carbocycles. The number of aliphatic hydroxyl groups is 5. The van der Waals surface area contributed by atoms with Crippen molar-refractivity contribution in [2.45, 2.75) is 83.1 Å². The van der Waals surface area contributed by atoms with Crippen LogP contribution in [-0.2, 0) is 14.2 Å². The summed E-state index contributed by atoms with van der Waals surface area (Å²) >= 11 is 0. The zero-order valence-corrected chi connectivity index (χ0v) is 15.3. The van der Waals surface area contributed by atoms with E-state index in [2.05, 4.69) is 0 Å². The van der Waals surface area contributed by atoms with Gasteiger partial charge in [0.2, 0.25) is 0 Å². The van der Waals surface area contributed by atoms with Gasteiger partial charge in [0.1, 0.15) is 12.2 Å². The van der Waals surface area contributed by atoms with E-state index >= 15 is 0 Å². The predicted octanol–water partition coefficient (Wildman–Crippen LogP) is -0.996. The summed E-state index contributed by atoms with van der Waals surface area (Å²) < 4.78 is 17.0. The van der Waals surface area contributed by atoms with Crippen LogP contribution in [0.25, 0.3) is 0 Å². The quantitative estimate of drug-likeness (QED) is 0.430. The summed E-state index contributed by atoms with van der Waals surface area (Å²) in [5.74, 6) is -0.423. The lowest BCUT2D eigenvalue weighted by molar-refractivity contribution is -0.300. The van der Waals surface area contributed by atoms with E-state index in [1.807, 2.05) is 20.8 Å². The largest absolute Gasteiger partial charge is 0.394 e. The Morgan fingerprint density at radius 3 is 2.20 bits per heavy atom. The summed E-state index contributed by atoms with van der Waals surface area (Å²) in [6, 6.07) is 0. The Bertz CT molecular complexity index is 423. The second-order valence-corrected chi connectivity index (χ2v) is 8.24. The zero-order chi connectivity index (χ0) is 18.9. The molecule has 25 heavy (non-hydrogen) atoms. The predicted molar refractivity (Wildman–Crippen MR) is 87.6 cm³/mol. The molecule has 148 valence electrons. The first-order chi connectivity index (χ1) is 11.6. The van der Waals surface area contributed by atoms with E-state index in [1.165, 1.54) is 0 Å². The average Bonchev–Trinajstić information content (AvgIpc) is 2.54. The van der Waals surface area contributed by atoms with Crippen LogP contribution in [0.4, 0.5) is 0 Å². The molecule has 0 aromatic rings. The van der Waals surface area contributed by atoms with E-state index in [0.717, 1.165) is 0 Å². The normalized spacial score (nSPS) is 46.2. The van der Waals surface area contributed by atoms with Gasteiger partial charge in [-0.15, -0.1) is 0 Å². The maximum atomic E-state index is 10.1. The third-order valence-corrected chi connectivity index (χ3v) is 5.09. The minimum Gasteiger partial charge on any atom is -0.394 e. The highest BCUT2D eigenvalue weighted by atomic mass is 16.7. The van der Waals surface area contributed by atoms with Crippen molar-refractivity contribution in [1.29, 1.82) is 0 Å². The van der Waals surface area contributed by atoms with Crippen molar-refractivity contribution in [3.63, 3.8) is 0 Å². The standard InChI is InChI=1S/C17H32O8/c1-8-11(6-18)25-16(14(22)12(8)20)23-7-9-5-10(19)13(21)15(24-9)17(2,3)4/h8-16,18-22H,5-7H2,1-4H3/t8-,9+,10+,11-,12+,13-,14-,15-,16-/m1/s1. The zero-order valence-electron chi connectivity index (χ0n) is 15.3. The van der Waals surface area contributed by atoms with E-state index < -0.39 is 54.9 Å². The van der Waals surface area contributed by atoms with Gasteiger partial charge in [0.05, 0.1) is 43.7 Å². The van der Waals surface area contributed by atoms with Crippen LogP contribution in [0.2, 0.25) is 0 Å². The summed E-state index contributed by atoms with van der Waals surface area (Å²) in [4.78, 5) is 0. The Hall–Kier alpha value is -0.320. The maximum absolute atomic E-state index is 10.1. The van der Waals surface area contributed by atoms with E-state index in [1.54, 1.807) is 6.92 Å². The van der Waals surface area contributed by atoms with E-state index in [9.17, 15) is 25.5 Å². The Balaban J connectivity index is 1.96. The fraction of sp³-hybridized carbons (Fsp3) is 1.00. The van der Waals surface area contributed by atoms with Gasteiger partial charge >= 0.3 is 0 Å². The van der Waals surface area contributed by atoms with Crippen LogP contribution in [0.1, 0.15) is 34.1 Å². The molecule has 0 unspecified atom stereocenters. The van der Waals surface area contributed by atoms with Crippen molar-refractivity contribution in [2.75, 3.05) is 13.2 Å². The number of ether oxygens (including phenoxy) is 3. The fourth-order valence-electron chi connectivity index (χ4n) is 3.40. The van der Waals surface area contributed by atoms with Crippen molar-refractivity contribution in [1.82, 2.24) is 0 Å². The van der Waals surface area contributed by atoms with Crippen LogP contribution in [-0.4, -0.2) is 87.8 Å². The molecule has 2 aliphatic rings. The smallest absolute Gasteiger partial charge is 0.186 e. The molecule has 0 radical (unpaired) electrons. The second kappa shape index (κ2) is 8.14. The van der Waals surface area contributed by atoms with Crippen molar-refractivity contribution in [3.8, 4) is 0 Å². The van der Waals surface area contributed by atoms with Crippen molar-refractivity contribution in [3.05, 3.63) is 0 Å². The van der Waals surface area contributed by atoms with Crippen LogP contribution >= 0.6 is 0 Å². The first kappa shape index (κ1) is 21.0. The molecule has 0 aliphatic carbocycles. The summed E-state index contributed by atoms with van der Waals surface area (Å²) in [5.41, 5.74) is -0.368. The second-order valence-electron chi connectivity index (χ2n) is 8.24. The molecule has 2 rings (SSSR count). The Labute approximate surface area is 148 Å². The number of rotatable bonds is 4. The van der Waals surface area contributed by atoms with Crippen molar-refractivity contribution >= 4 is 0 Å². The molecule has 0 bridgehead atoms. The summed E-state index contributed by atoms with van der Waals surface area (Å²) in [6.07, 6.45) is -6.80. The van der Waals surface area contributed by atoms with E-state index in [0.29, 0.717) is 0 Å². The van der Waals surface area contributed by atoms with Gasteiger partial charge in [-0.1, -0.05) is 27.7 Å². The molecule has 8 nitrogen and oxygen atoms in total. The Kier molecular flexibility index (Phi) is 6.83. The molecular weight excluding hydrogens is 332 g/mol. The average molecular weight is 364 g/mol. The highest BCUT2D eigenvalue weighted by Gasteiger charge is 2.45. The fourth-order valence-corrected chi connectivity index (χ4v) is 3.40. The van der Waals surface area contributed by atoms with Gasteiger partial charge < -0.3 is 39.7 Å². The van der Waals surface area contributed by atoms with E-state index in [-0.39, 0.29) is 25.0 Å². The molecule has 2 saturated heterocycles. The minimum absolute atomic E-state index is 0.0251. The maximum Gasteiger partial charge on any atom is 0.186 e. The van der Waals surface area contributed by atoms with Gasteiger partial charge in [-0.2, -0.15) is 0 Å². The van der Waals surface area contributed by atoms with Crippen molar-refractivity contribution in [2.24, 2.45) is 11.3 Å². The molecule has 0 spiro atoms. The number of hydrogen-bond acceptors (Lipinski definition) is 8. The lowest BCUT2D eigenvalue weighted by atomic mass is 9.81. The lowest BCUT2D eigenvalue weighted by Gasteiger charge is -2.44. The topological polar surface area (TPSA) is 129 Å². The van der Waals surface area contributed by atoms with Crippen LogP contribution in [0.3, 0.4) is 0 Å². The molecule has 0 amide bonds. The number of aliphatic hydroxyl groups excluding tert-OH is 5. The molecule has 5 N–H and O–H groups in total. The molecule has 2 heterocycles. The molecule has 0 aromatic heterocycles. The third-order valence-electron chi connectivity index (χ3n) is 5.09. The van der Waals surface area contributed by atoms with Gasteiger partial charge in [-0.25, -0.2) is 0 Å². The van der Waals surface area contributed by atoms with Crippen LogP contribution in [0.5, 0.6) is 0 Å². The van der Waals surface area contributed by atoms with Crippen LogP contribution in [0.15, 0.2) is 0 Å². The molecule has 0 aromatic carbocycles. The monoisotopic (exact) mass is 364 g/mol. The first-order valence-corrected chi connectivity index (χ1v) is 8.82. The Morgan fingerprint density at radius 2 is 1.64 bits per heavy atom. The molecule has 2 fully saturated rings.